The first-order valence-corrected chi connectivity index (χ1v) is 11.4. The third kappa shape index (κ3) is 4.36. The van der Waals surface area contributed by atoms with Crippen LogP contribution in [0.1, 0.15) is 30.8 Å². The Hall–Kier alpha value is -3.25. The second-order valence-electron chi connectivity index (χ2n) is 7.70. The summed E-state index contributed by atoms with van der Waals surface area (Å²) < 4.78 is 2.56. The molecular formula is C26H24BrN3O2. The molecule has 1 heterocycles. The fraction of sp³-hybridized carbons (Fsp3) is 0.192. The van der Waals surface area contributed by atoms with Crippen LogP contribution in [0.15, 0.2) is 88.1 Å². The van der Waals surface area contributed by atoms with E-state index < -0.39 is 0 Å². The second-order valence-corrected chi connectivity index (χ2v) is 8.61. The molecule has 0 bridgehead atoms. The number of amides is 1. The van der Waals surface area contributed by atoms with Gasteiger partial charge in [0.25, 0.3) is 5.56 Å². The highest BCUT2D eigenvalue weighted by Gasteiger charge is 2.26. The van der Waals surface area contributed by atoms with Gasteiger partial charge in [0.1, 0.15) is 5.82 Å². The van der Waals surface area contributed by atoms with Crippen molar-refractivity contribution < 1.29 is 4.79 Å². The Kier molecular flexibility index (Phi) is 6.51. The summed E-state index contributed by atoms with van der Waals surface area (Å²) in [6.07, 6.45) is 0.919. The zero-order chi connectivity index (χ0) is 22.7. The molecule has 0 fully saturated rings. The van der Waals surface area contributed by atoms with Gasteiger partial charge in [-0.3, -0.25) is 14.2 Å². The number of rotatable bonds is 6. The zero-order valence-corrected chi connectivity index (χ0v) is 19.6. The first kappa shape index (κ1) is 22.0. The third-order valence-electron chi connectivity index (χ3n) is 5.63. The van der Waals surface area contributed by atoms with Crippen molar-refractivity contribution in [2.24, 2.45) is 0 Å². The standard InChI is InChI=1S/C26H24BrN3O2/c1-3-23(29(2)24(31)17-18-9-5-4-6-10-18)25-28-22-12-8-7-11-21(22)26(32)30(25)20-15-13-19(27)14-16-20/h4-16,23H,3,17H2,1-2H3. The molecule has 0 N–H and O–H groups in total. The lowest BCUT2D eigenvalue weighted by atomic mass is 10.1. The number of hydrogen-bond donors (Lipinski definition) is 0. The maximum absolute atomic E-state index is 13.5. The summed E-state index contributed by atoms with van der Waals surface area (Å²) in [7, 11) is 1.78. The topological polar surface area (TPSA) is 55.2 Å². The summed E-state index contributed by atoms with van der Waals surface area (Å²) >= 11 is 3.46. The predicted octanol–water partition coefficient (Wildman–Crippen LogP) is 5.30. The Morgan fingerprint density at radius 2 is 1.66 bits per heavy atom. The maximum atomic E-state index is 13.5. The smallest absolute Gasteiger partial charge is 0.266 e. The highest BCUT2D eigenvalue weighted by molar-refractivity contribution is 9.10. The number of aromatic nitrogens is 2. The van der Waals surface area contributed by atoms with Crippen LogP contribution in [-0.2, 0) is 11.2 Å². The largest absolute Gasteiger partial charge is 0.335 e. The number of benzene rings is 3. The van der Waals surface area contributed by atoms with Crippen LogP contribution in [0.25, 0.3) is 16.6 Å². The van der Waals surface area contributed by atoms with E-state index in [0.29, 0.717) is 35.3 Å². The molecule has 0 aliphatic heterocycles. The third-order valence-corrected chi connectivity index (χ3v) is 6.16. The number of carbonyl (C=O) groups is 1. The van der Waals surface area contributed by atoms with Gasteiger partial charge in [-0.2, -0.15) is 0 Å². The molecule has 0 aliphatic rings. The maximum Gasteiger partial charge on any atom is 0.266 e. The lowest BCUT2D eigenvalue weighted by Crippen LogP contribution is -2.36. The van der Waals surface area contributed by atoms with Crippen molar-refractivity contribution in [1.82, 2.24) is 14.5 Å². The van der Waals surface area contributed by atoms with E-state index in [1.807, 2.05) is 79.7 Å². The van der Waals surface area contributed by atoms with Gasteiger partial charge in [-0.1, -0.05) is 65.3 Å². The molecule has 1 amide bonds. The van der Waals surface area contributed by atoms with Crippen LogP contribution in [0.5, 0.6) is 0 Å². The molecule has 0 aliphatic carbocycles. The lowest BCUT2D eigenvalue weighted by molar-refractivity contribution is -0.131. The molecule has 32 heavy (non-hydrogen) atoms. The van der Waals surface area contributed by atoms with Crippen molar-refractivity contribution >= 4 is 32.7 Å². The number of hydrogen-bond acceptors (Lipinski definition) is 3. The van der Waals surface area contributed by atoms with Gasteiger partial charge in [-0.05, 0) is 48.4 Å². The van der Waals surface area contributed by atoms with Crippen LogP contribution in [0.4, 0.5) is 0 Å². The molecule has 1 unspecified atom stereocenters. The van der Waals surface area contributed by atoms with Gasteiger partial charge in [0.05, 0.1) is 29.1 Å². The number of nitrogens with zero attached hydrogens (tertiary/aromatic N) is 3. The van der Waals surface area contributed by atoms with E-state index in [-0.39, 0.29) is 17.5 Å². The Labute approximate surface area is 195 Å². The van der Waals surface area contributed by atoms with E-state index in [1.54, 1.807) is 22.6 Å². The molecule has 1 atom stereocenters. The fourth-order valence-electron chi connectivity index (χ4n) is 3.91. The van der Waals surface area contributed by atoms with Crippen LogP contribution in [-0.4, -0.2) is 27.4 Å². The molecule has 5 nitrogen and oxygen atoms in total. The summed E-state index contributed by atoms with van der Waals surface area (Å²) in [6, 6.07) is 24.2. The molecule has 6 heteroatoms. The van der Waals surface area contributed by atoms with Crippen LogP contribution in [0.2, 0.25) is 0 Å². The summed E-state index contributed by atoms with van der Waals surface area (Å²) in [6.45, 7) is 2.00. The Balaban J connectivity index is 1.83. The number of fused-ring (bicyclic) bond motifs is 1. The minimum absolute atomic E-state index is 0.0205. The van der Waals surface area contributed by atoms with Gasteiger partial charge in [-0.15, -0.1) is 0 Å². The second kappa shape index (κ2) is 9.49. The van der Waals surface area contributed by atoms with Crippen molar-refractivity contribution in [3.63, 3.8) is 0 Å². The van der Waals surface area contributed by atoms with E-state index in [9.17, 15) is 9.59 Å². The number of halogens is 1. The molecule has 4 rings (SSSR count). The molecule has 3 aromatic carbocycles. The SMILES string of the molecule is CCC(c1nc2ccccc2c(=O)n1-c1ccc(Br)cc1)N(C)C(=O)Cc1ccccc1. The summed E-state index contributed by atoms with van der Waals surface area (Å²) in [5, 5.41) is 0.548. The Morgan fingerprint density at radius 1 is 1.00 bits per heavy atom. The van der Waals surface area contributed by atoms with E-state index in [1.165, 1.54) is 0 Å². The number of para-hydroxylation sites is 1. The van der Waals surface area contributed by atoms with Gasteiger partial charge in [0.2, 0.25) is 5.91 Å². The highest BCUT2D eigenvalue weighted by Crippen LogP contribution is 2.26. The van der Waals surface area contributed by atoms with Crippen molar-refractivity contribution in [2.45, 2.75) is 25.8 Å². The molecular weight excluding hydrogens is 466 g/mol. The quantitative estimate of drug-likeness (QED) is 0.369. The molecule has 0 saturated carbocycles. The number of carbonyl (C=O) groups excluding carboxylic acids is 1. The molecule has 0 saturated heterocycles. The van der Waals surface area contributed by atoms with Crippen molar-refractivity contribution in [3.05, 3.63) is 105 Å². The van der Waals surface area contributed by atoms with E-state index in [4.69, 9.17) is 4.98 Å². The van der Waals surface area contributed by atoms with Gasteiger partial charge < -0.3 is 4.90 Å². The molecule has 4 aromatic rings. The van der Waals surface area contributed by atoms with Crippen molar-refractivity contribution in [1.29, 1.82) is 0 Å². The average molecular weight is 490 g/mol. The summed E-state index contributed by atoms with van der Waals surface area (Å²) in [5.41, 5.74) is 2.16. The van der Waals surface area contributed by atoms with Gasteiger partial charge >= 0.3 is 0 Å². The summed E-state index contributed by atoms with van der Waals surface area (Å²) in [4.78, 5) is 33.3. The minimum atomic E-state index is -0.354. The monoisotopic (exact) mass is 489 g/mol. The minimum Gasteiger partial charge on any atom is -0.335 e. The fourth-order valence-corrected chi connectivity index (χ4v) is 4.18. The molecule has 0 radical (unpaired) electrons. The first-order valence-electron chi connectivity index (χ1n) is 10.6. The van der Waals surface area contributed by atoms with Crippen LogP contribution in [0.3, 0.4) is 0 Å². The molecule has 0 spiro atoms. The van der Waals surface area contributed by atoms with E-state index in [0.717, 1.165) is 10.0 Å². The van der Waals surface area contributed by atoms with Gasteiger partial charge in [0, 0.05) is 11.5 Å². The summed E-state index contributed by atoms with van der Waals surface area (Å²) in [5.74, 6) is 0.537. The first-order chi connectivity index (χ1) is 15.5. The highest BCUT2D eigenvalue weighted by atomic mass is 79.9. The zero-order valence-electron chi connectivity index (χ0n) is 18.0. The van der Waals surface area contributed by atoms with Gasteiger partial charge in [0.15, 0.2) is 0 Å². The normalized spacial score (nSPS) is 12.0. The van der Waals surface area contributed by atoms with Crippen molar-refractivity contribution in [2.75, 3.05) is 7.05 Å². The predicted molar refractivity (Wildman–Crippen MR) is 131 cm³/mol. The Morgan fingerprint density at radius 3 is 2.34 bits per heavy atom. The molecule has 1 aromatic heterocycles. The number of likely N-dealkylation sites (N-methyl/N-ethyl adjacent to an activating group) is 1. The van der Waals surface area contributed by atoms with E-state index in [2.05, 4.69) is 15.9 Å². The average Bonchev–Trinajstić information content (AvgIpc) is 2.81. The molecule has 162 valence electrons. The van der Waals surface area contributed by atoms with Crippen molar-refractivity contribution in [3.8, 4) is 5.69 Å². The van der Waals surface area contributed by atoms with E-state index >= 15 is 0 Å². The van der Waals surface area contributed by atoms with Gasteiger partial charge in [-0.25, -0.2) is 4.98 Å². The van der Waals surface area contributed by atoms with Crippen LogP contribution in [0, 0.1) is 0 Å². The Bertz CT molecular complexity index is 1300. The lowest BCUT2D eigenvalue weighted by Gasteiger charge is -2.29. The van der Waals surface area contributed by atoms with Crippen LogP contribution < -0.4 is 5.56 Å². The van der Waals surface area contributed by atoms with Crippen LogP contribution >= 0.6 is 15.9 Å².